The molecule has 1 aromatic heterocycles. The number of Topliss-reactive ketones (excluding diaryl/α,β-unsaturated/α-hetero) is 1. The molecule has 0 spiro atoms. The van der Waals surface area contributed by atoms with Crippen molar-refractivity contribution in [3.8, 4) is 11.5 Å². The third-order valence-corrected chi connectivity index (χ3v) is 3.32. The lowest BCUT2D eigenvalue weighted by molar-refractivity contribution is 0.0942. The molecule has 0 saturated heterocycles. The first-order chi connectivity index (χ1) is 10.1. The minimum Gasteiger partial charge on any atom is -0.454 e. The number of carbonyl (C=O) groups is 1. The maximum Gasteiger partial charge on any atom is 0.231 e. The Morgan fingerprint density at radius 3 is 2.95 bits per heavy atom. The summed E-state index contributed by atoms with van der Waals surface area (Å²) in [7, 11) is 3.79. The maximum absolute atomic E-state index is 12.3. The molecule has 2 aromatic rings. The predicted molar refractivity (Wildman–Crippen MR) is 76.4 cm³/mol. The van der Waals surface area contributed by atoms with Crippen molar-refractivity contribution in [1.82, 2.24) is 14.7 Å². The third-order valence-electron chi connectivity index (χ3n) is 3.32. The van der Waals surface area contributed by atoms with Gasteiger partial charge in [-0.2, -0.15) is 5.10 Å². The fraction of sp³-hybridized carbons (Fsp3) is 0.333. The molecule has 0 radical (unpaired) electrons. The van der Waals surface area contributed by atoms with E-state index in [0.29, 0.717) is 30.2 Å². The number of hydrogen-bond acceptors (Lipinski definition) is 5. The normalized spacial score (nSPS) is 12.9. The quantitative estimate of drug-likeness (QED) is 0.779. The Morgan fingerprint density at radius 2 is 2.19 bits per heavy atom. The van der Waals surface area contributed by atoms with Crippen molar-refractivity contribution in [3.05, 3.63) is 41.7 Å². The minimum absolute atomic E-state index is 0.0553. The van der Waals surface area contributed by atoms with Gasteiger partial charge in [-0.25, -0.2) is 0 Å². The lowest BCUT2D eigenvalue weighted by Crippen LogP contribution is -2.25. The summed E-state index contributed by atoms with van der Waals surface area (Å²) in [6, 6.07) is 5.28. The van der Waals surface area contributed by atoms with Crippen molar-refractivity contribution in [2.75, 3.05) is 20.4 Å². The number of ketones is 1. The second-order valence-corrected chi connectivity index (χ2v) is 5.19. The molecule has 1 aliphatic heterocycles. The smallest absolute Gasteiger partial charge is 0.231 e. The Bertz CT molecular complexity index is 666. The molecule has 0 amide bonds. The van der Waals surface area contributed by atoms with E-state index in [0.717, 1.165) is 5.56 Å². The maximum atomic E-state index is 12.3. The summed E-state index contributed by atoms with van der Waals surface area (Å²) in [5.74, 6) is 1.38. The number of aromatic nitrogens is 2. The van der Waals surface area contributed by atoms with Crippen LogP contribution >= 0.6 is 0 Å². The first-order valence-electron chi connectivity index (χ1n) is 6.71. The fourth-order valence-electron chi connectivity index (χ4n) is 2.33. The summed E-state index contributed by atoms with van der Waals surface area (Å²) < 4.78 is 12.3. The monoisotopic (exact) mass is 287 g/mol. The van der Waals surface area contributed by atoms with Gasteiger partial charge in [0.1, 0.15) is 0 Å². The van der Waals surface area contributed by atoms with E-state index >= 15 is 0 Å². The number of benzene rings is 1. The van der Waals surface area contributed by atoms with Crippen LogP contribution in [0.25, 0.3) is 0 Å². The van der Waals surface area contributed by atoms with Crippen molar-refractivity contribution in [2.24, 2.45) is 7.05 Å². The molecule has 0 aliphatic carbocycles. The third kappa shape index (κ3) is 3.05. The molecule has 0 N–H and O–H groups in total. The van der Waals surface area contributed by atoms with Crippen LogP contribution in [-0.4, -0.2) is 40.8 Å². The number of likely N-dealkylation sites (N-methyl/N-ethyl adjacent to an activating group) is 1. The summed E-state index contributed by atoms with van der Waals surface area (Å²) in [6.07, 6.45) is 3.75. The molecule has 0 atom stereocenters. The molecule has 3 rings (SSSR count). The van der Waals surface area contributed by atoms with Crippen LogP contribution in [0, 0.1) is 0 Å². The summed E-state index contributed by atoms with van der Waals surface area (Å²) in [5.41, 5.74) is 1.72. The van der Waals surface area contributed by atoms with Crippen LogP contribution in [0.3, 0.4) is 0 Å². The van der Waals surface area contributed by atoms with E-state index in [4.69, 9.17) is 9.47 Å². The van der Waals surface area contributed by atoms with E-state index in [1.165, 1.54) is 0 Å². The molecule has 6 heteroatoms. The van der Waals surface area contributed by atoms with Gasteiger partial charge in [-0.15, -0.1) is 0 Å². The van der Waals surface area contributed by atoms with Crippen LogP contribution in [0.5, 0.6) is 11.5 Å². The Labute approximate surface area is 122 Å². The van der Waals surface area contributed by atoms with Gasteiger partial charge < -0.3 is 9.47 Å². The Morgan fingerprint density at radius 1 is 1.38 bits per heavy atom. The lowest BCUT2D eigenvalue weighted by atomic mass is 10.1. The van der Waals surface area contributed by atoms with Crippen molar-refractivity contribution in [1.29, 1.82) is 0 Å². The van der Waals surface area contributed by atoms with Crippen molar-refractivity contribution >= 4 is 5.78 Å². The first kappa shape index (κ1) is 13.6. The zero-order chi connectivity index (χ0) is 14.8. The predicted octanol–water partition coefficient (Wildman–Crippen LogP) is 1.46. The number of ether oxygens (including phenoxy) is 2. The first-order valence-corrected chi connectivity index (χ1v) is 6.71. The Kier molecular flexibility index (Phi) is 3.62. The van der Waals surface area contributed by atoms with Gasteiger partial charge in [-0.3, -0.25) is 14.4 Å². The molecule has 0 bridgehead atoms. The highest BCUT2D eigenvalue weighted by Crippen LogP contribution is 2.32. The van der Waals surface area contributed by atoms with Crippen molar-refractivity contribution in [3.63, 3.8) is 0 Å². The van der Waals surface area contributed by atoms with Gasteiger partial charge >= 0.3 is 0 Å². The van der Waals surface area contributed by atoms with Gasteiger partial charge in [0.15, 0.2) is 17.3 Å². The molecule has 21 heavy (non-hydrogen) atoms. The van der Waals surface area contributed by atoms with Gasteiger partial charge in [0, 0.05) is 30.9 Å². The molecule has 1 aromatic carbocycles. The second kappa shape index (κ2) is 5.57. The Hall–Kier alpha value is -2.34. The van der Waals surface area contributed by atoms with Gasteiger partial charge in [-0.05, 0) is 25.2 Å². The van der Waals surface area contributed by atoms with Crippen LogP contribution in [0.15, 0.2) is 30.6 Å². The average Bonchev–Trinajstić information content (AvgIpc) is 3.06. The van der Waals surface area contributed by atoms with Crippen LogP contribution in [-0.2, 0) is 13.6 Å². The number of nitrogens with zero attached hydrogens (tertiary/aromatic N) is 3. The van der Waals surface area contributed by atoms with Gasteiger partial charge in [-0.1, -0.05) is 0 Å². The Balaban J connectivity index is 1.63. The van der Waals surface area contributed by atoms with Crippen LogP contribution in [0.2, 0.25) is 0 Å². The van der Waals surface area contributed by atoms with Crippen LogP contribution in [0.1, 0.15) is 15.9 Å². The molecule has 110 valence electrons. The van der Waals surface area contributed by atoms with Gasteiger partial charge in [0.05, 0.1) is 12.7 Å². The molecule has 2 heterocycles. The molecule has 0 saturated carbocycles. The molecule has 1 aliphatic rings. The largest absolute Gasteiger partial charge is 0.454 e. The summed E-state index contributed by atoms with van der Waals surface area (Å²) in [4.78, 5) is 14.3. The molecule has 0 unspecified atom stereocenters. The SMILES string of the molecule is CN(CC(=O)c1ccc2c(c1)OCO2)Cc1cnn(C)c1. The van der Waals surface area contributed by atoms with Gasteiger partial charge in [0.25, 0.3) is 0 Å². The van der Waals surface area contributed by atoms with Crippen LogP contribution in [0.4, 0.5) is 0 Å². The number of rotatable bonds is 5. The topological polar surface area (TPSA) is 56.6 Å². The van der Waals surface area contributed by atoms with E-state index in [9.17, 15) is 4.79 Å². The van der Waals surface area contributed by atoms with Crippen LogP contribution < -0.4 is 9.47 Å². The van der Waals surface area contributed by atoms with Crippen molar-refractivity contribution < 1.29 is 14.3 Å². The molecular formula is C15H17N3O3. The average molecular weight is 287 g/mol. The molecular weight excluding hydrogens is 270 g/mol. The minimum atomic E-state index is 0.0553. The van der Waals surface area contributed by atoms with E-state index in [1.807, 2.05) is 31.4 Å². The highest BCUT2D eigenvalue weighted by Gasteiger charge is 2.17. The van der Waals surface area contributed by atoms with Crippen molar-refractivity contribution in [2.45, 2.75) is 6.54 Å². The van der Waals surface area contributed by atoms with E-state index < -0.39 is 0 Å². The number of fused-ring (bicyclic) bond motifs is 1. The standard InChI is InChI=1S/C15H17N3O3/c1-17(7-11-6-16-18(2)8-11)9-13(19)12-3-4-14-15(5-12)21-10-20-14/h3-6,8H,7,9-10H2,1-2H3. The lowest BCUT2D eigenvalue weighted by Gasteiger charge is -2.14. The number of hydrogen-bond donors (Lipinski definition) is 0. The molecule has 0 fully saturated rings. The molecule has 6 nitrogen and oxygen atoms in total. The zero-order valence-electron chi connectivity index (χ0n) is 12.1. The fourth-order valence-corrected chi connectivity index (χ4v) is 2.33. The highest BCUT2D eigenvalue weighted by atomic mass is 16.7. The summed E-state index contributed by atoms with van der Waals surface area (Å²) in [5, 5.41) is 4.12. The van der Waals surface area contributed by atoms with E-state index in [2.05, 4.69) is 5.10 Å². The van der Waals surface area contributed by atoms with E-state index in [1.54, 1.807) is 22.9 Å². The summed E-state index contributed by atoms with van der Waals surface area (Å²) in [6.45, 7) is 1.24. The zero-order valence-corrected chi connectivity index (χ0v) is 12.1. The second-order valence-electron chi connectivity index (χ2n) is 5.19. The van der Waals surface area contributed by atoms with E-state index in [-0.39, 0.29) is 12.6 Å². The number of carbonyl (C=O) groups excluding carboxylic acids is 1. The highest BCUT2D eigenvalue weighted by molar-refractivity contribution is 5.98. The van der Waals surface area contributed by atoms with Gasteiger partial charge in [0.2, 0.25) is 6.79 Å². The summed E-state index contributed by atoms with van der Waals surface area (Å²) >= 11 is 0. The number of aryl methyl sites for hydroxylation is 1.